The Morgan fingerprint density at radius 3 is 1.74 bits per heavy atom. The molecule has 0 fully saturated rings. The van der Waals surface area contributed by atoms with Gasteiger partial charge < -0.3 is 9.32 Å². The summed E-state index contributed by atoms with van der Waals surface area (Å²) in [6, 6.07) is 73.6. The molecule has 0 saturated heterocycles. The SMILES string of the molecule is c1ccc(-c2ccc(N(c3cc(-c4ccccc4)cc(-c4ccccc4)c3)c3cccc4sc5c(ccc6cccc(-c7nc8ccccc8o7)c65)c34)cc2)cc1. The van der Waals surface area contributed by atoms with Gasteiger partial charge in [-0.2, -0.15) is 0 Å². The van der Waals surface area contributed by atoms with Crippen molar-refractivity contribution >= 4 is 70.4 Å². The molecule has 0 atom stereocenters. The van der Waals surface area contributed by atoms with E-state index in [0.717, 1.165) is 55.6 Å². The Bertz CT molecular complexity index is 3130. The molecule has 9 aromatic carbocycles. The number of hydrogen-bond acceptors (Lipinski definition) is 4. The van der Waals surface area contributed by atoms with Crippen molar-refractivity contribution in [3.8, 4) is 44.8 Å². The van der Waals surface area contributed by atoms with Crippen molar-refractivity contribution in [1.29, 1.82) is 0 Å². The zero-order valence-electron chi connectivity index (χ0n) is 30.8. The minimum atomic E-state index is 0.637. The predicted molar refractivity (Wildman–Crippen MR) is 241 cm³/mol. The van der Waals surface area contributed by atoms with Crippen molar-refractivity contribution in [2.24, 2.45) is 0 Å². The topological polar surface area (TPSA) is 29.3 Å². The minimum absolute atomic E-state index is 0.637. The van der Waals surface area contributed by atoms with Gasteiger partial charge in [-0.05, 0) is 99.4 Å². The molecule has 268 valence electrons. The molecule has 0 saturated carbocycles. The number of aromatic nitrogens is 1. The van der Waals surface area contributed by atoms with Crippen molar-refractivity contribution < 1.29 is 4.42 Å². The van der Waals surface area contributed by atoms with Gasteiger partial charge in [-0.15, -0.1) is 11.3 Å². The molecular weight excluding hydrogens is 713 g/mol. The second kappa shape index (κ2) is 13.8. The van der Waals surface area contributed by atoms with Crippen molar-refractivity contribution in [3.05, 3.63) is 206 Å². The third-order valence-electron chi connectivity index (χ3n) is 10.9. The highest BCUT2D eigenvalue weighted by molar-refractivity contribution is 7.26. The molecular formula is C53H34N2OS. The van der Waals surface area contributed by atoms with E-state index in [1.54, 1.807) is 0 Å². The van der Waals surface area contributed by atoms with E-state index in [0.29, 0.717) is 5.89 Å². The Kier molecular flexibility index (Phi) is 8.01. The molecule has 0 N–H and O–H groups in total. The lowest BCUT2D eigenvalue weighted by atomic mass is 9.96. The quantitative estimate of drug-likeness (QED) is 0.163. The van der Waals surface area contributed by atoms with Gasteiger partial charge in [0, 0.05) is 42.5 Å². The number of para-hydroxylation sites is 2. The molecule has 2 aromatic heterocycles. The molecule has 0 aliphatic heterocycles. The second-order valence-electron chi connectivity index (χ2n) is 14.3. The number of oxazole rings is 1. The summed E-state index contributed by atoms with van der Waals surface area (Å²) in [6.07, 6.45) is 0. The molecule has 0 bridgehead atoms. The Hall–Kier alpha value is -7.27. The Morgan fingerprint density at radius 1 is 0.439 bits per heavy atom. The maximum Gasteiger partial charge on any atom is 0.227 e. The highest BCUT2D eigenvalue weighted by Crippen LogP contribution is 2.49. The third-order valence-corrected chi connectivity index (χ3v) is 12.1. The highest BCUT2D eigenvalue weighted by Gasteiger charge is 2.22. The molecule has 57 heavy (non-hydrogen) atoms. The zero-order chi connectivity index (χ0) is 37.7. The number of rotatable bonds is 7. The summed E-state index contributed by atoms with van der Waals surface area (Å²) in [5, 5.41) is 4.73. The summed E-state index contributed by atoms with van der Waals surface area (Å²) in [6.45, 7) is 0. The summed E-state index contributed by atoms with van der Waals surface area (Å²) < 4.78 is 8.82. The molecule has 3 nitrogen and oxygen atoms in total. The van der Waals surface area contributed by atoms with E-state index in [-0.39, 0.29) is 0 Å². The fourth-order valence-electron chi connectivity index (χ4n) is 8.18. The van der Waals surface area contributed by atoms with Gasteiger partial charge in [-0.25, -0.2) is 4.98 Å². The minimum Gasteiger partial charge on any atom is -0.436 e. The van der Waals surface area contributed by atoms with Crippen LogP contribution in [0.5, 0.6) is 0 Å². The van der Waals surface area contributed by atoms with Gasteiger partial charge in [0.25, 0.3) is 0 Å². The molecule has 4 heteroatoms. The van der Waals surface area contributed by atoms with Crippen LogP contribution in [0, 0.1) is 0 Å². The lowest BCUT2D eigenvalue weighted by Crippen LogP contribution is -2.10. The van der Waals surface area contributed by atoms with Gasteiger partial charge in [-0.3, -0.25) is 0 Å². The maximum atomic E-state index is 6.38. The lowest BCUT2D eigenvalue weighted by molar-refractivity contribution is 0.620. The van der Waals surface area contributed by atoms with Crippen LogP contribution in [0.4, 0.5) is 17.1 Å². The number of nitrogens with zero attached hydrogens (tertiary/aromatic N) is 2. The molecule has 0 radical (unpaired) electrons. The fraction of sp³-hybridized carbons (Fsp3) is 0. The van der Waals surface area contributed by atoms with Crippen LogP contribution in [-0.2, 0) is 0 Å². The van der Waals surface area contributed by atoms with Crippen molar-refractivity contribution in [3.63, 3.8) is 0 Å². The molecule has 11 aromatic rings. The van der Waals surface area contributed by atoms with E-state index in [2.05, 4.69) is 187 Å². The van der Waals surface area contributed by atoms with E-state index < -0.39 is 0 Å². The number of thiophene rings is 1. The van der Waals surface area contributed by atoms with Gasteiger partial charge in [0.2, 0.25) is 5.89 Å². The monoisotopic (exact) mass is 746 g/mol. The van der Waals surface area contributed by atoms with Crippen LogP contribution in [-0.4, -0.2) is 4.98 Å². The second-order valence-corrected chi connectivity index (χ2v) is 15.4. The van der Waals surface area contributed by atoms with Crippen LogP contribution in [0.1, 0.15) is 0 Å². The van der Waals surface area contributed by atoms with Gasteiger partial charge >= 0.3 is 0 Å². The maximum absolute atomic E-state index is 6.38. The molecule has 0 unspecified atom stereocenters. The Morgan fingerprint density at radius 2 is 1.05 bits per heavy atom. The lowest BCUT2D eigenvalue weighted by Gasteiger charge is -2.28. The van der Waals surface area contributed by atoms with Crippen molar-refractivity contribution in [2.45, 2.75) is 0 Å². The molecule has 0 aliphatic rings. The van der Waals surface area contributed by atoms with Gasteiger partial charge in [-0.1, -0.05) is 146 Å². The first-order chi connectivity index (χ1) is 28.2. The van der Waals surface area contributed by atoms with E-state index in [9.17, 15) is 0 Å². The highest BCUT2D eigenvalue weighted by atomic mass is 32.1. The van der Waals surface area contributed by atoms with Crippen molar-refractivity contribution in [1.82, 2.24) is 4.98 Å². The first kappa shape index (κ1) is 33.1. The largest absolute Gasteiger partial charge is 0.436 e. The summed E-state index contributed by atoms with van der Waals surface area (Å²) in [5.74, 6) is 0.637. The van der Waals surface area contributed by atoms with Crippen LogP contribution in [0.2, 0.25) is 0 Å². The van der Waals surface area contributed by atoms with Crippen LogP contribution in [0.25, 0.3) is 86.9 Å². The van der Waals surface area contributed by atoms with E-state index in [1.165, 1.54) is 42.4 Å². The Balaban J connectivity index is 1.17. The van der Waals surface area contributed by atoms with Crippen LogP contribution in [0.15, 0.2) is 211 Å². The smallest absolute Gasteiger partial charge is 0.227 e. The van der Waals surface area contributed by atoms with E-state index >= 15 is 0 Å². The standard InChI is InChI=1S/C53H34N2OS/c1-4-14-35(15-5-1)38-26-29-42(30-27-38)55(43-33-40(36-16-6-2-7-17-36)32-41(34-43)37-18-8-3-9-19-37)47-23-13-25-49-51(47)44-31-28-39-20-12-21-45(50(39)52(44)57-49)53-54-46-22-10-11-24-48(46)56-53/h1-34H. The summed E-state index contributed by atoms with van der Waals surface area (Å²) in [5.41, 5.74) is 13.0. The number of fused-ring (bicyclic) bond motifs is 6. The first-order valence-corrected chi connectivity index (χ1v) is 20.0. The summed E-state index contributed by atoms with van der Waals surface area (Å²) in [4.78, 5) is 7.39. The number of anilines is 3. The number of benzene rings is 9. The molecule has 11 rings (SSSR count). The summed E-state index contributed by atoms with van der Waals surface area (Å²) in [7, 11) is 0. The van der Waals surface area contributed by atoms with Crippen LogP contribution < -0.4 is 4.90 Å². The van der Waals surface area contributed by atoms with Gasteiger partial charge in [0.05, 0.1) is 5.69 Å². The van der Waals surface area contributed by atoms with E-state index in [4.69, 9.17) is 9.40 Å². The molecule has 2 heterocycles. The average Bonchev–Trinajstić information content (AvgIpc) is 3.90. The zero-order valence-corrected chi connectivity index (χ0v) is 31.7. The summed E-state index contributed by atoms with van der Waals surface area (Å²) >= 11 is 1.83. The van der Waals surface area contributed by atoms with Crippen molar-refractivity contribution in [2.75, 3.05) is 4.90 Å². The van der Waals surface area contributed by atoms with E-state index in [1.807, 2.05) is 35.6 Å². The third kappa shape index (κ3) is 5.86. The van der Waals surface area contributed by atoms with Gasteiger partial charge in [0.15, 0.2) is 5.58 Å². The normalized spacial score (nSPS) is 11.5. The first-order valence-electron chi connectivity index (χ1n) is 19.2. The molecule has 0 aliphatic carbocycles. The fourth-order valence-corrected chi connectivity index (χ4v) is 9.47. The van der Waals surface area contributed by atoms with Gasteiger partial charge in [0.1, 0.15) is 5.52 Å². The average molecular weight is 747 g/mol. The molecule has 0 spiro atoms. The number of hydrogen-bond donors (Lipinski definition) is 0. The molecule has 0 amide bonds. The predicted octanol–water partition coefficient (Wildman–Crippen LogP) is 15.5. The van der Waals surface area contributed by atoms with Crippen LogP contribution in [0.3, 0.4) is 0 Å². The van der Waals surface area contributed by atoms with Crippen LogP contribution >= 0.6 is 11.3 Å². The Labute approximate surface area is 334 Å².